The van der Waals surface area contributed by atoms with Crippen LogP contribution < -0.4 is 10.6 Å². The molecule has 0 amide bonds. The first-order valence-corrected chi connectivity index (χ1v) is 7.81. The van der Waals surface area contributed by atoms with Crippen LogP contribution >= 0.6 is 12.4 Å². The second kappa shape index (κ2) is 8.55. The molecule has 3 rings (SSSR count). The Morgan fingerprint density at radius 2 is 2.00 bits per heavy atom. The molecule has 8 heteroatoms. The largest absolute Gasteiger partial charge is 0.339 e. The maximum absolute atomic E-state index is 5.37. The minimum atomic E-state index is 0. The molecule has 1 unspecified atom stereocenters. The molecule has 3 aromatic rings. The van der Waals surface area contributed by atoms with E-state index in [0.29, 0.717) is 23.6 Å². The fourth-order valence-electron chi connectivity index (χ4n) is 2.17. The molecule has 0 aliphatic rings. The quantitative estimate of drug-likeness (QED) is 0.697. The van der Waals surface area contributed by atoms with Gasteiger partial charge in [0.1, 0.15) is 0 Å². The van der Waals surface area contributed by atoms with Gasteiger partial charge in [-0.05, 0) is 51.2 Å². The maximum atomic E-state index is 5.37. The lowest BCUT2D eigenvalue weighted by molar-refractivity contribution is 0.418. The number of anilines is 2. The van der Waals surface area contributed by atoms with Crippen molar-refractivity contribution < 1.29 is 4.52 Å². The van der Waals surface area contributed by atoms with Crippen molar-refractivity contribution in [1.29, 1.82) is 0 Å². The summed E-state index contributed by atoms with van der Waals surface area (Å²) in [6, 6.07) is 11.9. The van der Waals surface area contributed by atoms with Gasteiger partial charge in [-0.15, -0.1) is 17.5 Å². The number of rotatable bonds is 6. The van der Waals surface area contributed by atoms with Gasteiger partial charge in [0.15, 0.2) is 11.6 Å². The van der Waals surface area contributed by atoms with Crippen molar-refractivity contribution in [3.8, 4) is 11.5 Å². The van der Waals surface area contributed by atoms with Crippen LogP contribution in [0.2, 0.25) is 0 Å². The number of nitrogens with zero attached hydrogens (tertiary/aromatic N) is 4. The van der Waals surface area contributed by atoms with E-state index in [2.05, 4.69) is 37.9 Å². The van der Waals surface area contributed by atoms with Crippen molar-refractivity contribution in [1.82, 2.24) is 25.7 Å². The van der Waals surface area contributed by atoms with Gasteiger partial charge in [0, 0.05) is 23.7 Å². The highest BCUT2D eigenvalue weighted by molar-refractivity contribution is 5.85. The SMILES string of the molecule is CNC(C)Cc1noc(-c2cccc(Nc3ccc(C)nn3)c2)n1.Cl. The average molecular weight is 361 g/mol. The molecule has 0 spiro atoms. The Hall–Kier alpha value is -2.51. The summed E-state index contributed by atoms with van der Waals surface area (Å²) in [6.07, 6.45) is 0.719. The summed E-state index contributed by atoms with van der Waals surface area (Å²) in [5.41, 5.74) is 2.62. The summed E-state index contributed by atoms with van der Waals surface area (Å²) in [6.45, 7) is 3.97. The van der Waals surface area contributed by atoms with Gasteiger partial charge in [0.2, 0.25) is 0 Å². The molecule has 0 aliphatic carbocycles. The third kappa shape index (κ3) is 4.98. The van der Waals surface area contributed by atoms with Crippen molar-refractivity contribution in [2.75, 3.05) is 12.4 Å². The van der Waals surface area contributed by atoms with Gasteiger partial charge < -0.3 is 15.2 Å². The number of nitrogens with one attached hydrogen (secondary N) is 2. The van der Waals surface area contributed by atoms with E-state index in [9.17, 15) is 0 Å². The minimum absolute atomic E-state index is 0. The summed E-state index contributed by atoms with van der Waals surface area (Å²) < 4.78 is 5.37. The zero-order valence-electron chi connectivity index (χ0n) is 14.4. The molecule has 0 saturated carbocycles. The second-order valence-electron chi connectivity index (χ2n) is 5.68. The Labute approximate surface area is 152 Å². The van der Waals surface area contributed by atoms with E-state index in [1.807, 2.05) is 50.4 Å². The highest BCUT2D eigenvalue weighted by Crippen LogP contribution is 2.23. The number of aromatic nitrogens is 4. The fourth-order valence-corrected chi connectivity index (χ4v) is 2.17. The molecule has 0 bridgehead atoms. The van der Waals surface area contributed by atoms with Gasteiger partial charge in [0.05, 0.1) is 5.69 Å². The first kappa shape index (κ1) is 18.8. The van der Waals surface area contributed by atoms with E-state index in [1.165, 1.54) is 0 Å². The van der Waals surface area contributed by atoms with Gasteiger partial charge in [-0.1, -0.05) is 11.2 Å². The zero-order chi connectivity index (χ0) is 16.9. The van der Waals surface area contributed by atoms with Crippen molar-refractivity contribution in [2.45, 2.75) is 26.3 Å². The summed E-state index contributed by atoms with van der Waals surface area (Å²) >= 11 is 0. The van der Waals surface area contributed by atoms with E-state index < -0.39 is 0 Å². The van der Waals surface area contributed by atoms with Gasteiger partial charge in [-0.2, -0.15) is 10.1 Å². The molecular weight excluding hydrogens is 340 g/mol. The summed E-state index contributed by atoms with van der Waals surface area (Å²) in [4.78, 5) is 4.45. The molecule has 132 valence electrons. The zero-order valence-corrected chi connectivity index (χ0v) is 15.2. The van der Waals surface area contributed by atoms with Crippen LogP contribution in [-0.4, -0.2) is 33.4 Å². The van der Waals surface area contributed by atoms with Crippen LogP contribution in [-0.2, 0) is 6.42 Å². The van der Waals surface area contributed by atoms with Gasteiger partial charge in [-0.3, -0.25) is 0 Å². The third-order valence-corrected chi connectivity index (χ3v) is 3.63. The highest BCUT2D eigenvalue weighted by Gasteiger charge is 2.11. The van der Waals surface area contributed by atoms with Crippen molar-refractivity contribution >= 4 is 23.9 Å². The summed E-state index contributed by atoms with van der Waals surface area (Å²) in [5, 5.41) is 18.5. The Bertz CT molecular complexity index is 805. The van der Waals surface area contributed by atoms with E-state index in [-0.39, 0.29) is 12.4 Å². The number of hydrogen-bond acceptors (Lipinski definition) is 7. The number of likely N-dealkylation sites (N-methyl/N-ethyl adjacent to an activating group) is 1. The Morgan fingerprint density at radius 3 is 2.72 bits per heavy atom. The molecule has 25 heavy (non-hydrogen) atoms. The van der Waals surface area contributed by atoms with Crippen LogP contribution in [0.25, 0.3) is 11.5 Å². The monoisotopic (exact) mass is 360 g/mol. The lowest BCUT2D eigenvalue weighted by atomic mass is 10.2. The van der Waals surface area contributed by atoms with Crippen LogP contribution in [0, 0.1) is 6.92 Å². The van der Waals surface area contributed by atoms with E-state index in [0.717, 1.165) is 23.4 Å². The van der Waals surface area contributed by atoms with E-state index in [4.69, 9.17) is 4.52 Å². The van der Waals surface area contributed by atoms with Crippen LogP contribution in [0.4, 0.5) is 11.5 Å². The third-order valence-electron chi connectivity index (χ3n) is 3.63. The maximum Gasteiger partial charge on any atom is 0.257 e. The minimum Gasteiger partial charge on any atom is -0.339 e. The van der Waals surface area contributed by atoms with Crippen molar-refractivity contribution in [2.24, 2.45) is 0 Å². The lowest BCUT2D eigenvalue weighted by Crippen LogP contribution is -2.24. The van der Waals surface area contributed by atoms with Crippen molar-refractivity contribution in [3.05, 3.63) is 47.9 Å². The lowest BCUT2D eigenvalue weighted by Gasteiger charge is -2.06. The van der Waals surface area contributed by atoms with Crippen LogP contribution in [0.5, 0.6) is 0 Å². The fraction of sp³-hybridized carbons (Fsp3) is 0.294. The molecule has 1 atom stereocenters. The van der Waals surface area contributed by atoms with E-state index >= 15 is 0 Å². The first-order chi connectivity index (χ1) is 11.6. The molecule has 7 nitrogen and oxygen atoms in total. The average Bonchev–Trinajstić information content (AvgIpc) is 3.05. The molecule has 1 aromatic carbocycles. The number of aryl methyl sites for hydroxylation is 1. The Kier molecular flexibility index (Phi) is 6.44. The van der Waals surface area contributed by atoms with Gasteiger partial charge in [-0.25, -0.2) is 0 Å². The molecule has 2 heterocycles. The Morgan fingerprint density at radius 1 is 1.16 bits per heavy atom. The number of halogens is 1. The standard InChI is InChI=1S/C17H20N6O.ClH/c1-11-7-8-15(22-21-11)19-14-6-4-5-13(10-14)17-20-16(23-24-17)9-12(2)18-3;/h4-8,10,12,18H,9H2,1-3H3,(H,19,22);1H. The first-order valence-electron chi connectivity index (χ1n) is 7.81. The van der Waals surface area contributed by atoms with Gasteiger partial charge in [0.25, 0.3) is 5.89 Å². The predicted octanol–water partition coefficient (Wildman–Crippen LogP) is 3.15. The Balaban J connectivity index is 0.00000225. The second-order valence-corrected chi connectivity index (χ2v) is 5.68. The van der Waals surface area contributed by atoms with E-state index in [1.54, 1.807) is 0 Å². The summed E-state index contributed by atoms with van der Waals surface area (Å²) in [5.74, 6) is 1.88. The smallest absolute Gasteiger partial charge is 0.257 e. The highest BCUT2D eigenvalue weighted by atomic mass is 35.5. The summed E-state index contributed by atoms with van der Waals surface area (Å²) in [7, 11) is 1.91. The van der Waals surface area contributed by atoms with Crippen molar-refractivity contribution in [3.63, 3.8) is 0 Å². The topological polar surface area (TPSA) is 88.8 Å². The number of hydrogen-bond donors (Lipinski definition) is 2. The molecule has 0 saturated heterocycles. The molecule has 2 N–H and O–H groups in total. The predicted molar refractivity (Wildman–Crippen MR) is 99.3 cm³/mol. The van der Waals surface area contributed by atoms with Gasteiger partial charge >= 0.3 is 0 Å². The number of benzene rings is 1. The molecular formula is C17H21ClN6O. The molecule has 0 radical (unpaired) electrons. The molecule has 0 aliphatic heterocycles. The molecule has 2 aromatic heterocycles. The normalized spacial score (nSPS) is 11.6. The van der Waals surface area contributed by atoms with Crippen LogP contribution in [0.15, 0.2) is 40.9 Å². The molecule has 0 fully saturated rings. The van der Waals surface area contributed by atoms with Crippen LogP contribution in [0.3, 0.4) is 0 Å². The van der Waals surface area contributed by atoms with Crippen LogP contribution in [0.1, 0.15) is 18.4 Å².